The first-order chi connectivity index (χ1) is 21.9. The van der Waals surface area contributed by atoms with Crippen LogP contribution < -0.4 is 17.0 Å². The van der Waals surface area contributed by atoms with E-state index >= 15 is 4.39 Å². The fraction of sp³-hybridized carbons (Fsp3) is 0.524. The third-order valence-corrected chi connectivity index (χ3v) is 10.1. The normalized spacial score (nSPS) is 32.4. The van der Waals surface area contributed by atoms with Gasteiger partial charge >= 0.3 is 12.8 Å². The van der Waals surface area contributed by atoms with Crippen LogP contribution in [-0.4, -0.2) is 98.6 Å². The van der Waals surface area contributed by atoms with E-state index in [9.17, 15) is 14.8 Å². The van der Waals surface area contributed by atoms with Crippen LogP contribution in [0.15, 0.2) is 23.8 Å². The number of nitrogen functional groups attached to an aromatic ring is 2. The van der Waals surface area contributed by atoms with E-state index in [-0.39, 0.29) is 29.4 Å². The summed E-state index contributed by atoms with van der Waals surface area (Å²) in [5, 5.41) is 9.75. The van der Waals surface area contributed by atoms with Gasteiger partial charge in [-0.3, -0.25) is 23.4 Å². The largest absolute Gasteiger partial charge is 0.413 e. The molecular weight excluding hydrogens is 713 g/mol. The van der Waals surface area contributed by atoms with Crippen LogP contribution in [0.25, 0.3) is 22.3 Å². The summed E-state index contributed by atoms with van der Waals surface area (Å²) in [6.45, 7) is -5.49. The molecule has 3 aliphatic heterocycles. The summed E-state index contributed by atoms with van der Waals surface area (Å²) in [6.07, 6.45) is -6.39. The van der Waals surface area contributed by atoms with E-state index in [2.05, 4.69) is 42.2 Å². The standard InChI is InChI=1S/C21H23FN10O9P2S3/c22-9-8(2-33)37-18(32-6-28-11-15(32)29-20(24)30-16(11)34)12(9)41-43(35,46)36-3-21-1-7(38-19(21)40-42(44)45)17(39-21)31-5-27-10-13(23)25-4-26-14(10)31/h4-9,12,17-19,33H,1-3H2,(H6-,23,24,25,26,29,30,34,35,44,45,46)/p+1/t7-,8-,9+,12-,17-,18-,19?,21+,43?/m1/s1. The number of hydrogen-bond acceptors (Lipinski definition) is 17. The molecule has 0 amide bonds. The number of aliphatic hydroxyl groups is 1. The van der Waals surface area contributed by atoms with E-state index in [1.165, 1.54) is 17.2 Å². The molecule has 3 aliphatic rings. The number of hydrogen-bond donors (Lipinski definition) is 6. The van der Waals surface area contributed by atoms with Gasteiger partial charge in [0.05, 0.1) is 25.9 Å². The fourth-order valence-corrected chi connectivity index (χ4v) is 8.02. The van der Waals surface area contributed by atoms with E-state index in [0.717, 1.165) is 6.33 Å². The maximum absolute atomic E-state index is 15.6. The summed E-state index contributed by atoms with van der Waals surface area (Å²) in [7, 11) is 0. The van der Waals surface area contributed by atoms with Gasteiger partial charge < -0.3 is 40.2 Å². The average molecular weight is 738 g/mol. The number of H-pyrrole nitrogens is 1. The van der Waals surface area contributed by atoms with Crippen molar-refractivity contribution in [1.82, 2.24) is 39.0 Å². The van der Waals surface area contributed by atoms with Crippen molar-refractivity contribution >= 4 is 82.8 Å². The Morgan fingerprint density at radius 1 is 1.20 bits per heavy atom. The second-order valence-corrected chi connectivity index (χ2v) is 16.9. The summed E-state index contributed by atoms with van der Waals surface area (Å²) >= 11 is 14.6. The molecule has 3 fully saturated rings. The summed E-state index contributed by atoms with van der Waals surface area (Å²) in [6, 6.07) is 0. The third kappa shape index (κ3) is 5.51. The first kappa shape index (κ1) is 32.2. The Morgan fingerprint density at radius 2 is 1.93 bits per heavy atom. The molecule has 3 saturated heterocycles. The number of aromatic nitrogens is 8. The number of anilines is 2. The molecule has 25 heteroatoms. The fourth-order valence-electron chi connectivity index (χ4n) is 5.69. The molecule has 7 heterocycles. The zero-order valence-corrected chi connectivity index (χ0v) is 27.3. The number of nitrogens with one attached hydrogen (secondary N) is 1. The van der Waals surface area contributed by atoms with Crippen molar-refractivity contribution in [3.63, 3.8) is 0 Å². The number of alkyl halides is 1. The molecule has 7 rings (SSSR count). The summed E-state index contributed by atoms with van der Waals surface area (Å²) in [5.74, 6) is -0.0528. The van der Waals surface area contributed by atoms with E-state index < -0.39 is 80.4 Å². The molecule has 46 heavy (non-hydrogen) atoms. The predicted molar refractivity (Wildman–Crippen MR) is 166 cm³/mol. The lowest BCUT2D eigenvalue weighted by Crippen LogP contribution is -2.47. The number of thiol groups is 1. The maximum atomic E-state index is 15.6. The van der Waals surface area contributed by atoms with Crippen LogP contribution in [-0.2, 0) is 51.4 Å². The number of nitrogens with zero attached hydrogens (tertiary/aromatic N) is 7. The molecule has 0 aliphatic carbocycles. The molecule has 4 aromatic rings. The Bertz CT molecular complexity index is 1950. The van der Waals surface area contributed by atoms with E-state index in [1.807, 2.05) is 0 Å². The second-order valence-electron chi connectivity index (χ2n) is 10.5. The van der Waals surface area contributed by atoms with Crippen molar-refractivity contribution in [2.45, 2.75) is 55.3 Å². The average Bonchev–Trinajstić information content (AvgIpc) is 3.80. The van der Waals surface area contributed by atoms with Crippen molar-refractivity contribution in [3.05, 3.63) is 29.3 Å². The predicted octanol–water partition coefficient (Wildman–Crippen LogP) is 0.0731. The molecule has 0 radical (unpaired) electrons. The van der Waals surface area contributed by atoms with Crippen molar-refractivity contribution in [2.24, 2.45) is 0 Å². The number of rotatable bonds is 10. The minimum atomic E-state index is -4.31. The van der Waals surface area contributed by atoms with Crippen LogP contribution in [0.2, 0.25) is 0 Å². The number of aromatic amines is 1. The summed E-state index contributed by atoms with van der Waals surface area (Å²) in [5.41, 5.74) is 10.2. The van der Waals surface area contributed by atoms with Gasteiger partial charge in [0.1, 0.15) is 42.4 Å². The van der Waals surface area contributed by atoms with Gasteiger partial charge in [-0.05, 0) is 11.8 Å². The van der Waals surface area contributed by atoms with Crippen LogP contribution in [0, 0.1) is 0 Å². The van der Waals surface area contributed by atoms with E-state index in [4.69, 9.17) is 62.9 Å². The van der Waals surface area contributed by atoms with Crippen LogP contribution >= 0.6 is 25.1 Å². The highest BCUT2D eigenvalue weighted by Gasteiger charge is 2.64. The zero-order chi connectivity index (χ0) is 32.5. The lowest BCUT2D eigenvalue weighted by Gasteiger charge is -2.35. The molecule has 246 valence electrons. The van der Waals surface area contributed by atoms with Gasteiger partial charge in [-0.25, -0.2) is 24.3 Å². The Kier molecular flexibility index (Phi) is 8.36. The van der Waals surface area contributed by atoms with Gasteiger partial charge in [0.2, 0.25) is 24.0 Å². The summed E-state index contributed by atoms with van der Waals surface area (Å²) in [4.78, 5) is 46.3. The van der Waals surface area contributed by atoms with Crippen LogP contribution in [0.4, 0.5) is 16.2 Å². The lowest BCUT2D eigenvalue weighted by atomic mass is 10.0. The summed E-state index contributed by atoms with van der Waals surface area (Å²) < 4.78 is 53.7. The number of halogens is 1. The maximum Gasteiger partial charge on any atom is 0.413 e. The number of fused-ring (bicyclic) bond motifs is 4. The highest BCUT2D eigenvalue weighted by atomic mass is 32.9. The number of imidazole rings is 2. The van der Waals surface area contributed by atoms with Crippen molar-refractivity contribution in [1.29, 1.82) is 0 Å². The Balaban J connectivity index is 1.14. The van der Waals surface area contributed by atoms with Crippen LogP contribution in [0.3, 0.4) is 0 Å². The molecule has 0 saturated carbocycles. The molecule has 19 nitrogen and oxygen atoms in total. The lowest BCUT2D eigenvalue weighted by molar-refractivity contribution is -0.267. The Labute approximate surface area is 272 Å². The first-order valence-corrected chi connectivity index (χ1v) is 19.3. The molecular formula is C21H24FN10O9P2S3+. The van der Waals surface area contributed by atoms with Gasteiger partial charge in [0.25, 0.3) is 5.56 Å². The first-order valence-electron chi connectivity index (χ1n) is 13.3. The third-order valence-electron chi connectivity index (χ3n) is 7.69. The van der Waals surface area contributed by atoms with Gasteiger partial charge in [-0.2, -0.15) is 4.98 Å². The van der Waals surface area contributed by atoms with Gasteiger partial charge in [0, 0.05) is 6.42 Å². The zero-order valence-electron chi connectivity index (χ0n) is 23.0. The van der Waals surface area contributed by atoms with E-state index in [0.29, 0.717) is 11.2 Å². The van der Waals surface area contributed by atoms with Crippen molar-refractivity contribution in [3.8, 4) is 0 Å². The molecule has 2 bridgehead atoms. The van der Waals surface area contributed by atoms with E-state index in [1.54, 1.807) is 4.57 Å². The van der Waals surface area contributed by atoms with Crippen molar-refractivity contribution in [2.75, 3.05) is 24.7 Å². The smallest absolute Gasteiger partial charge is 0.394 e. The highest BCUT2D eigenvalue weighted by Crippen LogP contribution is 2.56. The quantitative estimate of drug-likeness (QED) is 0.0930. The Morgan fingerprint density at radius 3 is 2.67 bits per heavy atom. The van der Waals surface area contributed by atoms with Crippen molar-refractivity contribution < 1.29 is 42.2 Å². The Hall–Kier alpha value is -2.37. The molecule has 7 N–H and O–H groups in total. The topological polar surface area (TPSA) is 255 Å². The monoisotopic (exact) mass is 737 g/mol. The SMILES string of the molecule is Nc1nc2c(ncn2[C@@H]2O[C@H](CO)[C@H](F)[C@H]2OP(O)(=S)OC[C@@]23C[C@@H](OC2O[P+](=S)S)[C@H](n2cnc4c(N)ncnc42)O3)c(=O)[nH]1. The number of aliphatic hydroxyl groups excluding tert-OH is 1. The second kappa shape index (κ2) is 11.9. The van der Waals surface area contributed by atoms with Gasteiger partial charge in [0.15, 0.2) is 46.9 Å². The minimum absolute atomic E-state index is 0.0533. The van der Waals surface area contributed by atoms with Gasteiger partial charge in [-0.1, -0.05) is 0 Å². The molecule has 3 unspecified atom stereocenters. The highest BCUT2D eigenvalue weighted by molar-refractivity contribution is 8.54. The number of nitrogens with two attached hydrogens (primary N) is 2. The molecule has 10 atom stereocenters. The molecule has 4 aromatic heterocycles. The number of ether oxygens (including phenoxy) is 3. The molecule has 0 spiro atoms. The minimum Gasteiger partial charge on any atom is -0.394 e. The van der Waals surface area contributed by atoms with Crippen LogP contribution in [0.1, 0.15) is 18.9 Å². The molecule has 0 aromatic carbocycles. The van der Waals surface area contributed by atoms with Gasteiger partial charge in [-0.15, -0.1) is 4.52 Å². The van der Waals surface area contributed by atoms with Crippen LogP contribution in [0.5, 0.6) is 0 Å².